The first kappa shape index (κ1) is 32.9. The minimum absolute atomic E-state index is 0. The van der Waals surface area contributed by atoms with Crippen LogP contribution in [0.25, 0.3) is 0 Å². The number of carbonyl (C=O) groups is 4. The average Bonchev–Trinajstić information content (AvgIpc) is 2.91. The molecular weight excluding hydrogens is 530 g/mol. The molecule has 9 nitrogen and oxygen atoms in total. The van der Waals surface area contributed by atoms with Crippen molar-refractivity contribution in [2.75, 3.05) is 19.0 Å². The molecule has 11 heteroatoms. The van der Waals surface area contributed by atoms with Crippen molar-refractivity contribution in [3.8, 4) is 0 Å². The normalized spacial score (nSPS) is 12.7. The van der Waals surface area contributed by atoms with Crippen LogP contribution in [0.1, 0.15) is 43.9 Å². The van der Waals surface area contributed by atoms with E-state index in [-0.39, 0.29) is 44.2 Å². The van der Waals surface area contributed by atoms with Gasteiger partial charge in [0, 0.05) is 17.9 Å². The molecule has 0 aromatic heterocycles. The lowest BCUT2D eigenvalue weighted by atomic mass is 10.1. The molecule has 3 atom stereocenters. The molecule has 38 heavy (non-hydrogen) atoms. The van der Waals surface area contributed by atoms with Crippen LogP contribution < -0.4 is 16.4 Å². The van der Waals surface area contributed by atoms with Gasteiger partial charge in [-0.15, -0.1) is 12.4 Å². The summed E-state index contributed by atoms with van der Waals surface area (Å²) >= 11 is 1.47. The molecule has 4 N–H and O–H groups in total. The fraction of sp³-hybridized carbons (Fsp3) is 0.407. The van der Waals surface area contributed by atoms with E-state index in [2.05, 4.69) is 10.6 Å². The number of halogens is 1. The van der Waals surface area contributed by atoms with Crippen LogP contribution in [0, 0.1) is 0 Å². The lowest BCUT2D eigenvalue weighted by molar-refractivity contribution is -0.147. The summed E-state index contributed by atoms with van der Waals surface area (Å²) in [6, 6.07) is 15.6. The van der Waals surface area contributed by atoms with E-state index in [0.29, 0.717) is 11.3 Å². The smallest absolute Gasteiger partial charge is 0.333 e. The van der Waals surface area contributed by atoms with Crippen LogP contribution in [0.5, 0.6) is 0 Å². The van der Waals surface area contributed by atoms with Gasteiger partial charge in [-0.05, 0) is 31.4 Å². The molecule has 2 aromatic rings. The van der Waals surface area contributed by atoms with Crippen molar-refractivity contribution >= 4 is 47.9 Å². The Kier molecular flexibility index (Phi) is 15.8. The SMILES string of the molecule is CCOC(=O)C(NC(=O)[C@H](CSCc1ccccc1)NC(=O)CC[C@H](N)C(=O)OCC)c1ccccc1.Cl. The van der Waals surface area contributed by atoms with Gasteiger partial charge in [0.25, 0.3) is 0 Å². The molecule has 0 fully saturated rings. The van der Waals surface area contributed by atoms with Gasteiger partial charge < -0.3 is 25.8 Å². The van der Waals surface area contributed by atoms with Crippen molar-refractivity contribution in [3.05, 3.63) is 71.8 Å². The first-order valence-electron chi connectivity index (χ1n) is 12.2. The van der Waals surface area contributed by atoms with Gasteiger partial charge in [-0.1, -0.05) is 60.7 Å². The first-order valence-corrected chi connectivity index (χ1v) is 13.4. The third kappa shape index (κ3) is 11.5. The second-order valence-corrected chi connectivity index (χ2v) is 9.15. The Morgan fingerprint density at radius 2 is 1.45 bits per heavy atom. The number of amides is 2. The summed E-state index contributed by atoms with van der Waals surface area (Å²) in [7, 11) is 0. The molecule has 0 saturated heterocycles. The number of hydrogen-bond acceptors (Lipinski definition) is 8. The van der Waals surface area contributed by atoms with Gasteiger partial charge in [0.05, 0.1) is 13.2 Å². The Balaban J connectivity index is 0.00000722. The van der Waals surface area contributed by atoms with Crippen LogP contribution in [-0.2, 0) is 34.4 Å². The third-order valence-corrected chi connectivity index (χ3v) is 6.37. The van der Waals surface area contributed by atoms with Gasteiger partial charge in [-0.3, -0.25) is 14.4 Å². The molecule has 0 saturated carbocycles. The summed E-state index contributed by atoms with van der Waals surface area (Å²) in [5.41, 5.74) is 7.43. The lowest BCUT2D eigenvalue weighted by Crippen LogP contribution is -2.50. The number of thioether (sulfide) groups is 1. The Morgan fingerprint density at radius 3 is 2.05 bits per heavy atom. The van der Waals surface area contributed by atoms with E-state index in [0.717, 1.165) is 5.56 Å². The van der Waals surface area contributed by atoms with Crippen LogP contribution in [0.2, 0.25) is 0 Å². The summed E-state index contributed by atoms with van der Waals surface area (Å²) in [5.74, 6) is -1.24. The lowest BCUT2D eigenvalue weighted by Gasteiger charge is -2.23. The van der Waals surface area contributed by atoms with Gasteiger partial charge in [0.1, 0.15) is 12.1 Å². The molecule has 2 rings (SSSR count). The fourth-order valence-corrected chi connectivity index (χ4v) is 4.38. The second kappa shape index (κ2) is 18.2. The molecule has 0 radical (unpaired) electrons. The van der Waals surface area contributed by atoms with Crippen molar-refractivity contribution in [1.82, 2.24) is 10.6 Å². The van der Waals surface area contributed by atoms with Gasteiger partial charge in [-0.2, -0.15) is 11.8 Å². The van der Waals surface area contributed by atoms with Gasteiger partial charge in [0.2, 0.25) is 11.8 Å². The molecule has 0 aliphatic carbocycles. The quantitative estimate of drug-likeness (QED) is 0.280. The number of hydrogen-bond donors (Lipinski definition) is 3. The molecule has 0 bridgehead atoms. The average molecular weight is 566 g/mol. The molecular formula is C27H36ClN3O6S. The van der Waals surface area contributed by atoms with E-state index in [1.165, 1.54) is 11.8 Å². The zero-order valence-electron chi connectivity index (χ0n) is 21.6. The fourth-order valence-electron chi connectivity index (χ4n) is 3.36. The predicted molar refractivity (Wildman–Crippen MR) is 150 cm³/mol. The van der Waals surface area contributed by atoms with Crippen molar-refractivity contribution in [2.45, 2.75) is 50.6 Å². The van der Waals surface area contributed by atoms with Crippen LogP contribution in [0.15, 0.2) is 60.7 Å². The van der Waals surface area contributed by atoms with Gasteiger partial charge in [-0.25, -0.2) is 4.79 Å². The summed E-state index contributed by atoms with van der Waals surface area (Å²) in [6.07, 6.45) is 0.0126. The van der Waals surface area contributed by atoms with Crippen LogP contribution in [-0.4, -0.2) is 54.8 Å². The highest BCUT2D eigenvalue weighted by Crippen LogP contribution is 2.17. The molecule has 0 spiro atoms. The number of esters is 2. The zero-order valence-corrected chi connectivity index (χ0v) is 23.2. The molecule has 0 aliphatic rings. The maximum Gasteiger partial charge on any atom is 0.333 e. The van der Waals surface area contributed by atoms with Crippen molar-refractivity contribution in [1.29, 1.82) is 0 Å². The van der Waals surface area contributed by atoms with E-state index >= 15 is 0 Å². The minimum atomic E-state index is -1.02. The Labute approximate surface area is 234 Å². The van der Waals surface area contributed by atoms with E-state index in [4.69, 9.17) is 15.2 Å². The van der Waals surface area contributed by atoms with Crippen molar-refractivity contribution < 1.29 is 28.7 Å². The monoisotopic (exact) mass is 565 g/mol. The molecule has 0 aliphatic heterocycles. The molecule has 2 aromatic carbocycles. The number of ether oxygens (including phenoxy) is 2. The van der Waals surface area contributed by atoms with Crippen molar-refractivity contribution in [2.24, 2.45) is 5.73 Å². The summed E-state index contributed by atoms with van der Waals surface area (Å²) in [5, 5.41) is 5.46. The Morgan fingerprint density at radius 1 is 0.868 bits per heavy atom. The number of nitrogens with one attached hydrogen (secondary N) is 2. The van der Waals surface area contributed by atoms with E-state index in [1.54, 1.807) is 44.2 Å². The number of benzene rings is 2. The minimum Gasteiger partial charge on any atom is -0.465 e. The third-order valence-electron chi connectivity index (χ3n) is 5.26. The second-order valence-electron chi connectivity index (χ2n) is 8.12. The highest BCUT2D eigenvalue weighted by atomic mass is 35.5. The molecule has 208 valence electrons. The first-order chi connectivity index (χ1) is 17.8. The van der Waals surface area contributed by atoms with Crippen molar-refractivity contribution in [3.63, 3.8) is 0 Å². The van der Waals surface area contributed by atoms with Gasteiger partial charge in [0.15, 0.2) is 6.04 Å². The number of rotatable bonds is 15. The standard InChI is InChI=1S/C27H35N3O6S.ClH/c1-3-35-26(33)21(28)15-16-23(31)29-22(18-37-17-19-11-7-5-8-12-19)25(32)30-24(27(34)36-4-2)20-13-9-6-10-14-20;/h5-14,21-22,24H,3-4,15-18,28H2,1-2H3,(H,29,31)(H,30,32);1H/t21-,22-,24?;/m0./s1. The molecule has 1 unspecified atom stereocenters. The highest BCUT2D eigenvalue weighted by Gasteiger charge is 2.29. The van der Waals surface area contributed by atoms with Gasteiger partial charge >= 0.3 is 11.9 Å². The maximum absolute atomic E-state index is 13.3. The van der Waals surface area contributed by atoms with Crippen LogP contribution in [0.4, 0.5) is 0 Å². The number of nitrogens with two attached hydrogens (primary N) is 1. The van der Waals surface area contributed by atoms with E-state index < -0.39 is 41.9 Å². The largest absolute Gasteiger partial charge is 0.465 e. The zero-order chi connectivity index (χ0) is 27.0. The van der Waals surface area contributed by atoms with E-state index in [9.17, 15) is 19.2 Å². The van der Waals surface area contributed by atoms with Crippen LogP contribution in [0.3, 0.4) is 0 Å². The maximum atomic E-state index is 13.3. The number of carbonyl (C=O) groups excluding carboxylic acids is 4. The Hall–Kier alpha value is -3.08. The van der Waals surface area contributed by atoms with E-state index in [1.807, 2.05) is 30.3 Å². The molecule has 0 heterocycles. The van der Waals surface area contributed by atoms with Crippen LogP contribution >= 0.6 is 24.2 Å². The highest BCUT2D eigenvalue weighted by molar-refractivity contribution is 7.98. The summed E-state index contributed by atoms with van der Waals surface area (Å²) < 4.78 is 10.0. The predicted octanol–water partition coefficient (Wildman–Crippen LogP) is 2.92. The topological polar surface area (TPSA) is 137 Å². The summed E-state index contributed by atoms with van der Waals surface area (Å²) in [4.78, 5) is 50.3. The molecule has 2 amide bonds. The summed E-state index contributed by atoms with van der Waals surface area (Å²) in [6.45, 7) is 3.72. The Bertz CT molecular complexity index is 1010.